The monoisotopic (exact) mass is 346 g/mol. The van der Waals surface area contributed by atoms with Gasteiger partial charge in [0.1, 0.15) is 38.9 Å². The van der Waals surface area contributed by atoms with Crippen molar-refractivity contribution in [1.82, 2.24) is 0 Å². The summed E-state index contributed by atoms with van der Waals surface area (Å²) in [4.78, 5) is 0. The van der Waals surface area contributed by atoms with Crippen LogP contribution >= 0.6 is 0 Å². The summed E-state index contributed by atoms with van der Waals surface area (Å²) in [5.41, 5.74) is 1.24. The minimum absolute atomic E-state index is 0.0799. The summed E-state index contributed by atoms with van der Waals surface area (Å²) >= 11 is 0. The Labute approximate surface area is 148 Å². The van der Waals surface area contributed by atoms with Gasteiger partial charge < -0.3 is 19.1 Å². The van der Waals surface area contributed by atoms with E-state index in [1.165, 1.54) is 11.6 Å². The van der Waals surface area contributed by atoms with Crippen LogP contribution in [0, 0.1) is 5.82 Å². The number of benzene rings is 2. The van der Waals surface area contributed by atoms with Gasteiger partial charge in [-0.15, -0.1) is 0 Å². The van der Waals surface area contributed by atoms with E-state index in [2.05, 4.69) is 12.1 Å². The van der Waals surface area contributed by atoms with Gasteiger partial charge in [0.05, 0.1) is 13.2 Å². The number of hydrogen-bond acceptors (Lipinski definition) is 3. The molecule has 0 aliphatic carbocycles. The number of hydrogen-bond donors (Lipinski definition) is 1. The Balaban J connectivity index is 1.62. The first-order chi connectivity index (χ1) is 12.2. The fourth-order valence-corrected chi connectivity index (χ4v) is 3.35. The van der Waals surface area contributed by atoms with Gasteiger partial charge in [0.15, 0.2) is 11.6 Å². The Morgan fingerprint density at radius 1 is 1.04 bits per heavy atom. The molecule has 25 heavy (non-hydrogen) atoms. The Kier molecular flexibility index (Phi) is 6.02. The predicted octanol–water partition coefficient (Wildman–Crippen LogP) is 2.61. The molecule has 4 nitrogen and oxygen atoms in total. The fourth-order valence-electron chi connectivity index (χ4n) is 3.35. The zero-order valence-corrected chi connectivity index (χ0v) is 14.3. The van der Waals surface area contributed by atoms with E-state index in [4.69, 9.17) is 9.47 Å². The summed E-state index contributed by atoms with van der Waals surface area (Å²) in [6.45, 7) is 4.57. The SMILES string of the molecule is O[C@H](COc1ccccc1F)C[N+]1(Cc2ccccc2)CCOCC1. The molecular formula is C20H25FNO3+. The van der Waals surface area contributed by atoms with Gasteiger partial charge in [-0.3, -0.25) is 0 Å². The Morgan fingerprint density at radius 2 is 1.72 bits per heavy atom. The molecule has 2 aromatic rings. The second-order valence-corrected chi connectivity index (χ2v) is 6.62. The molecule has 1 fully saturated rings. The van der Waals surface area contributed by atoms with E-state index in [0.717, 1.165) is 24.1 Å². The molecule has 1 heterocycles. The summed E-state index contributed by atoms with van der Waals surface area (Å²) in [6.07, 6.45) is -0.665. The van der Waals surface area contributed by atoms with Gasteiger partial charge in [-0.25, -0.2) is 4.39 Å². The molecule has 0 amide bonds. The van der Waals surface area contributed by atoms with Crippen LogP contribution in [0.4, 0.5) is 4.39 Å². The first-order valence-electron chi connectivity index (χ1n) is 8.69. The molecule has 134 valence electrons. The summed E-state index contributed by atoms with van der Waals surface area (Å²) in [6, 6.07) is 16.6. The van der Waals surface area contributed by atoms with E-state index < -0.39 is 11.9 Å². The van der Waals surface area contributed by atoms with Crippen molar-refractivity contribution in [3.8, 4) is 5.75 Å². The van der Waals surface area contributed by atoms with Crippen LogP contribution in [0.1, 0.15) is 5.56 Å². The normalized spacial score (nSPS) is 17.8. The molecule has 0 spiro atoms. The largest absolute Gasteiger partial charge is 0.488 e. The summed E-state index contributed by atoms with van der Waals surface area (Å²) in [5, 5.41) is 10.5. The van der Waals surface area contributed by atoms with E-state index in [9.17, 15) is 9.50 Å². The maximum Gasteiger partial charge on any atom is 0.165 e. The molecule has 0 unspecified atom stereocenters. The minimum atomic E-state index is -0.665. The molecule has 0 saturated carbocycles. The number of quaternary nitrogens is 1. The minimum Gasteiger partial charge on any atom is -0.488 e. The maximum absolute atomic E-state index is 13.6. The van der Waals surface area contributed by atoms with Gasteiger partial charge in [-0.2, -0.15) is 0 Å². The highest BCUT2D eigenvalue weighted by Gasteiger charge is 2.33. The number of aliphatic hydroxyl groups excluding tert-OH is 1. The number of para-hydroxylation sites is 1. The molecule has 1 atom stereocenters. The van der Waals surface area contributed by atoms with Crippen LogP contribution in [-0.2, 0) is 11.3 Å². The lowest BCUT2D eigenvalue weighted by molar-refractivity contribution is -0.950. The highest BCUT2D eigenvalue weighted by atomic mass is 19.1. The molecule has 2 aromatic carbocycles. The number of nitrogens with zero attached hydrogens (tertiary/aromatic N) is 1. The lowest BCUT2D eigenvalue weighted by Gasteiger charge is -2.42. The van der Waals surface area contributed by atoms with E-state index in [1.54, 1.807) is 18.2 Å². The zero-order chi connectivity index (χ0) is 17.5. The lowest BCUT2D eigenvalue weighted by Crippen LogP contribution is -2.58. The van der Waals surface area contributed by atoms with Gasteiger partial charge in [0, 0.05) is 5.56 Å². The van der Waals surface area contributed by atoms with E-state index >= 15 is 0 Å². The van der Waals surface area contributed by atoms with Crippen LogP contribution in [0.15, 0.2) is 54.6 Å². The number of rotatable bonds is 7. The maximum atomic E-state index is 13.6. The predicted molar refractivity (Wildman–Crippen MR) is 93.7 cm³/mol. The molecule has 0 bridgehead atoms. The Hall–Kier alpha value is -1.95. The van der Waals surface area contributed by atoms with Crippen molar-refractivity contribution in [2.75, 3.05) is 39.5 Å². The standard InChI is InChI=1S/C20H25FNO3/c21-19-8-4-5-9-20(19)25-16-18(23)15-22(10-12-24-13-11-22)14-17-6-2-1-3-7-17/h1-9,18,23H,10-16H2/q+1/t18-/m0/s1. The molecular weight excluding hydrogens is 321 g/mol. The van der Waals surface area contributed by atoms with Gasteiger partial charge in [0.25, 0.3) is 0 Å². The van der Waals surface area contributed by atoms with Gasteiger partial charge in [0.2, 0.25) is 0 Å². The van der Waals surface area contributed by atoms with Crippen molar-refractivity contribution in [2.45, 2.75) is 12.6 Å². The first kappa shape index (κ1) is 17.9. The topological polar surface area (TPSA) is 38.7 Å². The van der Waals surface area contributed by atoms with Crippen molar-refractivity contribution >= 4 is 0 Å². The third-order valence-electron chi connectivity index (χ3n) is 4.65. The fraction of sp³-hybridized carbons (Fsp3) is 0.400. The quantitative estimate of drug-likeness (QED) is 0.784. The average molecular weight is 346 g/mol. The third kappa shape index (κ3) is 5.01. The highest BCUT2D eigenvalue weighted by Crippen LogP contribution is 2.20. The number of halogens is 1. The molecule has 1 N–H and O–H groups in total. The second kappa shape index (κ2) is 8.43. The molecule has 0 radical (unpaired) electrons. The van der Waals surface area contributed by atoms with Gasteiger partial charge in [-0.05, 0) is 12.1 Å². The van der Waals surface area contributed by atoms with Crippen molar-refractivity contribution in [2.24, 2.45) is 0 Å². The second-order valence-electron chi connectivity index (χ2n) is 6.62. The van der Waals surface area contributed by atoms with Crippen LogP contribution in [0.25, 0.3) is 0 Å². The molecule has 5 heteroatoms. The van der Waals surface area contributed by atoms with Crippen LogP contribution in [0.3, 0.4) is 0 Å². The molecule has 1 aliphatic rings. The van der Waals surface area contributed by atoms with E-state index in [-0.39, 0.29) is 12.4 Å². The van der Waals surface area contributed by atoms with E-state index in [0.29, 0.717) is 19.8 Å². The average Bonchev–Trinajstić information content (AvgIpc) is 2.62. The van der Waals surface area contributed by atoms with E-state index in [1.807, 2.05) is 18.2 Å². The smallest absolute Gasteiger partial charge is 0.165 e. The number of ether oxygens (including phenoxy) is 2. The highest BCUT2D eigenvalue weighted by molar-refractivity contribution is 5.23. The Bertz CT molecular complexity index is 659. The Morgan fingerprint density at radius 3 is 2.44 bits per heavy atom. The number of morpholine rings is 1. The van der Waals surface area contributed by atoms with Crippen molar-refractivity contribution in [3.63, 3.8) is 0 Å². The van der Waals surface area contributed by atoms with Crippen molar-refractivity contribution in [1.29, 1.82) is 0 Å². The van der Waals surface area contributed by atoms with Crippen LogP contribution in [0.5, 0.6) is 5.75 Å². The molecule has 1 aliphatic heterocycles. The molecule has 0 aromatic heterocycles. The number of aliphatic hydroxyl groups is 1. The van der Waals surface area contributed by atoms with Crippen LogP contribution in [-0.4, -0.2) is 55.1 Å². The van der Waals surface area contributed by atoms with Crippen molar-refractivity contribution in [3.05, 3.63) is 66.0 Å². The molecule has 3 rings (SSSR count). The first-order valence-corrected chi connectivity index (χ1v) is 8.69. The third-order valence-corrected chi connectivity index (χ3v) is 4.65. The van der Waals surface area contributed by atoms with Gasteiger partial charge in [-0.1, -0.05) is 42.5 Å². The summed E-state index contributed by atoms with van der Waals surface area (Å²) in [5.74, 6) is -0.229. The summed E-state index contributed by atoms with van der Waals surface area (Å²) in [7, 11) is 0. The zero-order valence-electron chi connectivity index (χ0n) is 14.3. The van der Waals surface area contributed by atoms with Gasteiger partial charge >= 0.3 is 0 Å². The van der Waals surface area contributed by atoms with Crippen molar-refractivity contribution < 1.29 is 23.5 Å². The van der Waals surface area contributed by atoms with Crippen LogP contribution < -0.4 is 4.74 Å². The molecule has 1 saturated heterocycles. The van der Waals surface area contributed by atoms with Crippen LogP contribution in [0.2, 0.25) is 0 Å². The summed E-state index contributed by atoms with van der Waals surface area (Å²) < 4.78 is 25.4. The lowest BCUT2D eigenvalue weighted by atomic mass is 10.1.